The Morgan fingerprint density at radius 2 is 1.46 bits per heavy atom. The fourth-order valence-electron chi connectivity index (χ4n) is 2.92. The molecule has 1 N–H and O–H groups in total. The molecule has 0 aliphatic rings. The molecule has 0 aliphatic heterocycles. The van der Waals surface area contributed by atoms with Crippen LogP contribution in [0.25, 0.3) is 0 Å². The van der Waals surface area contributed by atoms with Gasteiger partial charge in [-0.05, 0) is 25.7 Å². The van der Waals surface area contributed by atoms with Gasteiger partial charge in [-0.3, -0.25) is 0 Å². The number of ether oxygens (including phenoxy) is 1. The summed E-state index contributed by atoms with van der Waals surface area (Å²) in [7, 11) is 0. The number of rotatable bonds is 14. The number of carboxylic acid groups (broad SMARTS) is 1. The second-order valence-electron chi connectivity index (χ2n) is 6.42. The van der Waals surface area contributed by atoms with Gasteiger partial charge in [-0.25, -0.2) is 0 Å². The Balaban J connectivity index is 0. The highest BCUT2D eigenvalue weighted by Crippen LogP contribution is 2.14. The van der Waals surface area contributed by atoms with Crippen molar-refractivity contribution in [2.75, 3.05) is 46.0 Å². The summed E-state index contributed by atoms with van der Waals surface area (Å²) in [5, 5.41) is 17.6. The molecule has 0 radical (unpaired) electrons. The van der Waals surface area contributed by atoms with E-state index < -0.39 is 12.1 Å². The van der Waals surface area contributed by atoms with Crippen molar-refractivity contribution < 1.29 is 37.4 Å². The van der Waals surface area contributed by atoms with E-state index in [0.29, 0.717) is 6.61 Å². The summed E-state index contributed by atoms with van der Waals surface area (Å²) < 4.78 is 38.3. The fraction of sp³-hybridized carbons (Fsp3) is 0.944. The summed E-state index contributed by atoms with van der Waals surface area (Å²) in [6.45, 7) is 13.2. The Morgan fingerprint density at radius 1 is 0.923 bits per heavy atom. The number of carbonyl (C=O) groups excluding carboxylic acids is 1. The predicted molar refractivity (Wildman–Crippen MR) is 93.4 cm³/mol. The fourth-order valence-corrected chi connectivity index (χ4v) is 2.92. The lowest BCUT2D eigenvalue weighted by atomic mass is 10.1. The molecule has 0 heterocycles. The molecule has 0 aliphatic carbocycles. The number of halogens is 3. The van der Waals surface area contributed by atoms with E-state index in [1.807, 2.05) is 0 Å². The molecular weight excluding hydrogens is 351 g/mol. The van der Waals surface area contributed by atoms with E-state index >= 15 is 0 Å². The standard InChI is InChI=1S/C16H36NO2.C2HF3O2/c1-4-7-8-9-12-17(10-5-2,11-6-3)13-15-19-16-14-18;3-2(4,5)1(6)7/h18H,4-16H2,1-3H3;(H,6,7)/q+1;/p-1. The minimum atomic E-state index is -5.19. The quantitative estimate of drug-likeness (QED) is 0.367. The van der Waals surface area contributed by atoms with Crippen LogP contribution in [-0.4, -0.2) is 67.7 Å². The van der Waals surface area contributed by atoms with Gasteiger partial charge in [0.25, 0.3) is 0 Å². The number of hydrogen-bond acceptors (Lipinski definition) is 4. The Kier molecular flexibility index (Phi) is 17.2. The normalized spacial score (nSPS) is 11.8. The highest BCUT2D eigenvalue weighted by Gasteiger charge is 2.28. The molecule has 0 atom stereocenters. The van der Waals surface area contributed by atoms with Crippen molar-refractivity contribution in [3.63, 3.8) is 0 Å². The zero-order valence-electron chi connectivity index (χ0n) is 16.4. The van der Waals surface area contributed by atoms with E-state index in [4.69, 9.17) is 19.7 Å². The van der Waals surface area contributed by atoms with E-state index in [-0.39, 0.29) is 6.61 Å². The molecule has 0 aromatic heterocycles. The maximum absolute atomic E-state index is 10.5. The number of hydrogen-bond donors (Lipinski definition) is 1. The van der Waals surface area contributed by atoms with Crippen LogP contribution in [0.5, 0.6) is 0 Å². The number of aliphatic hydroxyl groups is 1. The molecule has 5 nitrogen and oxygen atoms in total. The zero-order valence-corrected chi connectivity index (χ0v) is 16.4. The number of carboxylic acids is 1. The summed E-state index contributed by atoms with van der Waals surface area (Å²) in [6.07, 6.45) is 2.66. The van der Waals surface area contributed by atoms with Crippen LogP contribution in [0.4, 0.5) is 13.2 Å². The number of alkyl halides is 3. The SMILES string of the molecule is CCCCCC[N+](CCC)(CCC)CCOCCO.O=C([O-])C(F)(F)F. The van der Waals surface area contributed by atoms with Crippen LogP contribution in [0.15, 0.2) is 0 Å². The van der Waals surface area contributed by atoms with Gasteiger partial charge < -0.3 is 24.2 Å². The molecule has 0 saturated heterocycles. The van der Waals surface area contributed by atoms with E-state index in [2.05, 4.69) is 20.8 Å². The summed E-state index contributed by atoms with van der Waals surface area (Å²) >= 11 is 0. The number of aliphatic carboxylic acids is 1. The topological polar surface area (TPSA) is 69.6 Å². The van der Waals surface area contributed by atoms with Gasteiger partial charge >= 0.3 is 6.18 Å². The number of carbonyl (C=O) groups is 1. The van der Waals surface area contributed by atoms with Crippen molar-refractivity contribution in [2.45, 2.75) is 65.5 Å². The average Bonchev–Trinajstić information content (AvgIpc) is 2.56. The summed E-state index contributed by atoms with van der Waals surface area (Å²) in [5.41, 5.74) is 0. The second kappa shape index (κ2) is 16.3. The third-order valence-electron chi connectivity index (χ3n) is 4.06. The van der Waals surface area contributed by atoms with Crippen molar-refractivity contribution in [2.24, 2.45) is 0 Å². The largest absolute Gasteiger partial charge is 0.542 e. The highest BCUT2D eigenvalue weighted by molar-refractivity contribution is 5.70. The average molecular weight is 387 g/mol. The molecule has 0 bridgehead atoms. The Hall–Kier alpha value is -0.860. The minimum absolute atomic E-state index is 0.137. The second-order valence-corrected chi connectivity index (χ2v) is 6.42. The zero-order chi connectivity index (χ0) is 20.5. The lowest BCUT2D eigenvalue weighted by molar-refractivity contribution is -0.928. The van der Waals surface area contributed by atoms with Gasteiger partial charge in [0.15, 0.2) is 0 Å². The molecule has 0 saturated carbocycles. The van der Waals surface area contributed by atoms with E-state index in [0.717, 1.165) is 13.2 Å². The lowest BCUT2D eigenvalue weighted by Gasteiger charge is -2.38. The maximum Gasteiger partial charge on any atom is 0.430 e. The van der Waals surface area contributed by atoms with E-state index in [9.17, 15) is 13.2 Å². The van der Waals surface area contributed by atoms with Gasteiger partial charge in [0.05, 0.1) is 39.5 Å². The Morgan fingerprint density at radius 3 is 1.85 bits per heavy atom. The van der Waals surface area contributed by atoms with Crippen molar-refractivity contribution >= 4 is 5.97 Å². The molecule has 26 heavy (non-hydrogen) atoms. The third-order valence-corrected chi connectivity index (χ3v) is 4.06. The lowest BCUT2D eigenvalue weighted by Crippen LogP contribution is -2.51. The Bertz CT molecular complexity index is 319. The smallest absolute Gasteiger partial charge is 0.430 e. The van der Waals surface area contributed by atoms with Crippen molar-refractivity contribution in [1.29, 1.82) is 0 Å². The Labute approximate surface area is 155 Å². The monoisotopic (exact) mass is 387 g/mol. The van der Waals surface area contributed by atoms with Crippen molar-refractivity contribution in [3.05, 3.63) is 0 Å². The maximum atomic E-state index is 10.5. The van der Waals surface area contributed by atoms with Gasteiger partial charge in [0.1, 0.15) is 12.5 Å². The first-order chi connectivity index (χ1) is 12.2. The minimum Gasteiger partial charge on any atom is -0.542 e. The van der Waals surface area contributed by atoms with Gasteiger partial charge in [-0.15, -0.1) is 0 Å². The molecule has 0 aromatic rings. The van der Waals surface area contributed by atoms with Crippen LogP contribution < -0.4 is 5.11 Å². The molecule has 8 heteroatoms. The van der Waals surface area contributed by atoms with Crippen molar-refractivity contribution in [1.82, 2.24) is 0 Å². The molecule has 0 unspecified atom stereocenters. The number of unbranched alkanes of at least 4 members (excludes halogenated alkanes) is 3. The molecule has 158 valence electrons. The summed E-state index contributed by atoms with van der Waals surface area (Å²) in [5.74, 6) is -3.01. The first kappa shape index (κ1) is 27.4. The van der Waals surface area contributed by atoms with Crippen LogP contribution in [0.3, 0.4) is 0 Å². The van der Waals surface area contributed by atoms with Crippen molar-refractivity contribution in [3.8, 4) is 0 Å². The van der Waals surface area contributed by atoms with Gasteiger partial charge in [0.2, 0.25) is 0 Å². The molecule has 0 aromatic carbocycles. The molecule has 0 fully saturated rings. The molecule has 0 amide bonds. The van der Waals surface area contributed by atoms with Crippen LogP contribution in [0.2, 0.25) is 0 Å². The number of nitrogens with zero attached hydrogens (tertiary/aromatic N) is 1. The first-order valence-corrected chi connectivity index (χ1v) is 9.51. The highest BCUT2D eigenvalue weighted by atomic mass is 19.4. The van der Waals surface area contributed by atoms with Gasteiger partial charge in [0, 0.05) is 0 Å². The van der Waals surface area contributed by atoms with E-state index in [1.54, 1.807) is 0 Å². The summed E-state index contributed by atoms with van der Waals surface area (Å²) in [4.78, 5) is 8.78. The predicted octanol–water partition coefficient (Wildman–Crippen LogP) is 2.51. The van der Waals surface area contributed by atoms with Crippen LogP contribution in [0, 0.1) is 0 Å². The number of aliphatic hydroxyl groups excluding tert-OH is 1. The molecule has 0 spiro atoms. The number of quaternary nitrogens is 1. The third kappa shape index (κ3) is 15.4. The van der Waals surface area contributed by atoms with E-state index in [1.165, 1.54) is 62.6 Å². The van der Waals surface area contributed by atoms with Crippen LogP contribution in [-0.2, 0) is 9.53 Å². The summed E-state index contributed by atoms with van der Waals surface area (Å²) in [6, 6.07) is 0. The van der Waals surface area contributed by atoms with Gasteiger partial charge in [-0.2, -0.15) is 13.2 Å². The van der Waals surface area contributed by atoms with Gasteiger partial charge in [-0.1, -0.05) is 33.6 Å². The molecular formula is C18H36F3NO4. The first-order valence-electron chi connectivity index (χ1n) is 9.51. The molecule has 0 rings (SSSR count). The van der Waals surface area contributed by atoms with Crippen LogP contribution >= 0.6 is 0 Å². The van der Waals surface area contributed by atoms with Crippen LogP contribution in [0.1, 0.15) is 59.3 Å².